The van der Waals surface area contributed by atoms with E-state index in [0.29, 0.717) is 17.9 Å². The van der Waals surface area contributed by atoms with Gasteiger partial charge in [0.1, 0.15) is 5.82 Å². The van der Waals surface area contributed by atoms with Gasteiger partial charge in [-0.25, -0.2) is 4.68 Å². The maximum Gasteiger partial charge on any atom is 0.251 e. The topological polar surface area (TPSA) is 88.5 Å². The van der Waals surface area contributed by atoms with Crippen molar-refractivity contribution in [3.05, 3.63) is 41.6 Å². The minimum absolute atomic E-state index is 0.0905. The zero-order chi connectivity index (χ0) is 19.9. The van der Waals surface area contributed by atoms with Gasteiger partial charge in [-0.2, -0.15) is 5.10 Å². The summed E-state index contributed by atoms with van der Waals surface area (Å²) in [4.78, 5) is 26.0. The number of anilines is 1. The lowest BCUT2D eigenvalue weighted by Gasteiger charge is -2.26. The molecule has 3 rings (SSSR count). The van der Waals surface area contributed by atoms with Crippen LogP contribution in [0.5, 0.6) is 0 Å². The van der Waals surface area contributed by atoms with Crippen LogP contribution in [0.4, 0.5) is 5.82 Å². The number of benzene rings is 1. The first-order valence-electron chi connectivity index (χ1n) is 9.56. The van der Waals surface area contributed by atoms with E-state index in [1.165, 1.54) is 6.92 Å². The van der Waals surface area contributed by atoms with Crippen LogP contribution in [-0.2, 0) is 9.53 Å². The van der Waals surface area contributed by atoms with Gasteiger partial charge in [-0.15, -0.1) is 0 Å². The number of nitrogens with one attached hydrogen (secondary N) is 2. The molecular weight excluding hydrogens is 358 g/mol. The molecule has 8 heteroatoms. The average molecular weight is 385 g/mol. The zero-order valence-corrected chi connectivity index (χ0v) is 16.4. The fourth-order valence-corrected chi connectivity index (χ4v) is 3.15. The van der Waals surface area contributed by atoms with Crippen LogP contribution in [-0.4, -0.2) is 65.9 Å². The zero-order valence-electron chi connectivity index (χ0n) is 16.4. The Morgan fingerprint density at radius 3 is 2.57 bits per heavy atom. The normalized spacial score (nSPS) is 14.6. The molecule has 2 heterocycles. The van der Waals surface area contributed by atoms with Crippen molar-refractivity contribution in [2.75, 3.05) is 44.7 Å². The van der Waals surface area contributed by atoms with Gasteiger partial charge >= 0.3 is 0 Å². The summed E-state index contributed by atoms with van der Waals surface area (Å²) >= 11 is 0. The molecule has 28 heavy (non-hydrogen) atoms. The van der Waals surface area contributed by atoms with Crippen molar-refractivity contribution < 1.29 is 14.3 Å². The van der Waals surface area contributed by atoms with Crippen LogP contribution < -0.4 is 10.6 Å². The molecule has 2 aromatic rings. The molecule has 0 unspecified atom stereocenters. The summed E-state index contributed by atoms with van der Waals surface area (Å²) in [5.41, 5.74) is 2.17. The maximum atomic E-state index is 12.3. The van der Waals surface area contributed by atoms with Crippen LogP contribution in [0.25, 0.3) is 5.69 Å². The average Bonchev–Trinajstić information content (AvgIpc) is 3.05. The third-order valence-electron chi connectivity index (χ3n) is 4.55. The monoisotopic (exact) mass is 385 g/mol. The minimum Gasteiger partial charge on any atom is -0.379 e. The van der Waals surface area contributed by atoms with E-state index in [-0.39, 0.29) is 11.8 Å². The quantitative estimate of drug-likeness (QED) is 0.707. The van der Waals surface area contributed by atoms with Crippen molar-refractivity contribution in [3.8, 4) is 5.69 Å². The summed E-state index contributed by atoms with van der Waals surface area (Å²) < 4.78 is 6.99. The lowest BCUT2D eigenvalue weighted by molar-refractivity contribution is -0.114. The van der Waals surface area contributed by atoms with E-state index in [0.717, 1.165) is 50.7 Å². The highest BCUT2D eigenvalue weighted by Gasteiger charge is 2.12. The highest BCUT2D eigenvalue weighted by Crippen LogP contribution is 2.17. The van der Waals surface area contributed by atoms with Crippen molar-refractivity contribution in [2.45, 2.75) is 20.3 Å². The maximum absolute atomic E-state index is 12.3. The standard InChI is InChI=1S/C20H27N5O3/c1-15-14-19(22-16(2)26)25(23-15)18-6-4-17(5-7-18)20(27)21-8-3-9-24-10-12-28-13-11-24/h4-7,14H,3,8-13H2,1-2H3,(H,21,27)(H,22,26). The lowest BCUT2D eigenvalue weighted by Crippen LogP contribution is -2.38. The SMILES string of the molecule is CC(=O)Nc1cc(C)nn1-c1ccc(C(=O)NCCCN2CCOCC2)cc1. The highest BCUT2D eigenvalue weighted by atomic mass is 16.5. The van der Waals surface area contributed by atoms with Gasteiger partial charge in [-0.3, -0.25) is 14.5 Å². The van der Waals surface area contributed by atoms with E-state index >= 15 is 0 Å². The molecule has 0 bridgehead atoms. The van der Waals surface area contributed by atoms with E-state index in [9.17, 15) is 9.59 Å². The molecule has 0 saturated carbocycles. The molecule has 0 spiro atoms. The summed E-state index contributed by atoms with van der Waals surface area (Å²) in [6.45, 7) is 8.43. The Morgan fingerprint density at radius 2 is 1.89 bits per heavy atom. The molecule has 1 aromatic carbocycles. The number of aryl methyl sites for hydroxylation is 1. The Balaban J connectivity index is 1.53. The van der Waals surface area contributed by atoms with Crippen molar-refractivity contribution in [1.29, 1.82) is 0 Å². The fraction of sp³-hybridized carbons (Fsp3) is 0.450. The number of carbonyl (C=O) groups is 2. The molecular formula is C20H27N5O3. The molecule has 0 atom stereocenters. The number of morpholine rings is 1. The van der Waals surface area contributed by atoms with Gasteiger partial charge in [0.2, 0.25) is 5.91 Å². The number of hydrogen-bond acceptors (Lipinski definition) is 5. The highest BCUT2D eigenvalue weighted by molar-refractivity contribution is 5.94. The first kappa shape index (κ1) is 20.0. The Kier molecular flexibility index (Phi) is 6.78. The van der Waals surface area contributed by atoms with Crippen LogP contribution in [0, 0.1) is 6.92 Å². The summed E-state index contributed by atoms with van der Waals surface area (Å²) in [5.74, 6) is 0.354. The van der Waals surface area contributed by atoms with E-state index in [4.69, 9.17) is 4.74 Å². The second-order valence-electron chi connectivity index (χ2n) is 6.87. The van der Waals surface area contributed by atoms with Crippen LogP contribution in [0.15, 0.2) is 30.3 Å². The van der Waals surface area contributed by atoms with Gasteiger partial charge < -0.3 is 15.4 Å². The molecule has 2 N–H and O–H groups in total. The molecule has 8 nitrogen and oxygen atoms in total. The molecule has 1 saturated heterocycles. The summed E-state index contributed by atoms with van der Waals surface area (Å²) in [5, 5.41) is 10.1. The number of rotatable bonds is 7. The Hall–Kier alpha value is -2.71. The molecule has 1 aliphatic rings. The van der Waals surface area contributed by atoms with Crippen LogP contribution in [0.3, 0.4) is 0 Å². The molecule has 0 radical (unpaired) electrons. The summed E-state index contributed by atoms with van der Waals surface area (Å²) in [6, 6.07) is 8.97. The van der Waals surface area contributed by atoms with Crippen molar-refractivity contribution >= 4 is 17.6 Å². The van der Waals surface area contributed by atoms with Gasteiger partial charge in [0.25, 0.3) is 5.91 Å². The third-order valence-corrected chi connectivity index (χ3v) is 4.55. The van der Waals surface area contributed by atoms with Crippen molar-refractivity contribution in [1.82, 2.24) is 20.0 Å². The first-order valence-corrected chi connectivity index (χ1v) is 9.56. The number of aromatic nitrogens is 2. The second-order valence-corrected chi connectivity index (χ2v) is 6.87. The molecule has 150 valence electrons. The Bertz CT molecular complexity index is 810. The number of carbonyl (C=O) groups excluding carboxylic acids is 2. The van der Waals surface area contributed by atoms with Crippen LogP contribution in [0.2, 0.25) is 0 Å². The van der Waals surface area contributed by atoms with E-state index < -0.39 is 0 Å². The summed E-state index contributed by atoms with van der Waals surface area (Å²) in [7, 11) is 0. The third kappa shape index (κ3) is 5.40. The largest absolute Gasteiger partial charge is 0.379 e. The van der Waals surface area contributed by atoms with Crippen molar-refractivity contribution in [2.24, 2.45) is 0 Å². The lowest BCUT2D eigenvalue weighted by atomic mass is 10.2. The van der Waals surface area contributed by atoms with Gasteiger partial charge in [-0.05, 0) is 44.2 Å². The number of nitrogens with zero attached hydrogens (tertiary/aromatic N) is 3. The van der Waals surface area contributed by atoms with E-state index in [2.05, 4.69) is 20.6 Å². The predicted octanol–water partition coefficient (Wildman–Crippen LogP) is 1.59. The molecule has 0 aliphatic carbocycles. The molecule has 1 fully saturated rings. The molecule has 1 aliphatic heterocycles. The summed E-state index contributed by atoms with van der Waals surface area (Å²) in [6.07, 6.45) is 0.913. The number of amides is 2. The van der Waals surface area contributed by atoms with E-state index in [1.54, 1.807) is 22.9 Å². The predicted molar refractivity (Wildman–Crippen MR) is 107 cm³/mol. The van der Waals surface area contributed by atoms with Gasteiger partial charge in [0.05, 0.1) is 24.6 Å². The van der Waals surface area contributed by atoms with Gasteiger partial charge in [0.15, 0.2) is 0 Å². The second kappa shape index (κ2) is 9.48. The Morgan fingerprint density at radius 1 is 1.18 bits per heavy atom. The van der Waals surface area contributed by atoms with Crippen LogP contribution in [0.1, 0.15) is 29.4 Å². The van der Waals surface area contributed by atoms with Crippen molar-refractivity contribution in [3.63, 3.8) is 0 Å². The van der Waals surface area contributed by atoms with Crippen LogP contribution >= 0.6 is 0 Å². The number of hydrogen-bond donors (Lipinski definition) is 2. The molecule has 1 aromatic heterocycles. The van der Waals surface area contributed by atoms with Gasteiger partial charge in [0, 0.05) is 38.2 Å². The first-order chi connectivity index (χ1) is 13.5. The smallest absolute Gasteiger partial charge is 0.251 e. The van der Waals surface area contributed by atoms with E-state index in [1.807, 2.05) is 19.1 Å². The molecule has 2 amide bonds. The number of ether oxygens (including phenoxy) is 1. The van der Waals surface area contributed by atoms with Gasteiger partial charge in [-0.1, -0.05) is 0 Å². The fourth-order valence-electron chi connectivity index (χ4n) is 3.15. The minimum atomic E-state index is -0.158. The Labute approximate surface area is 164 Å².